The predicted molar refractivity (Wildman–Crippen MR) is 62.7 cm³/mol. The van der Waals surface area contributed by atoms with Gasteiger partial charge in [0.15, 0.2) is 0 Å². The van der Waals surface area contributed by atoms with Crippen molar-refractivity contribution in [2.24, 2.45) is 4.99 Å². The van der Waals surface area contributed by atoms with E-state index in [4.69, 9.17) is 11.6 Å². The van der Waals surface area contributed by atoms with Gasteiger partial charge in [0.05, 0.1) is 6.34 Å². The van der Waals surface area contributed by atoms with Crippen LogP contribution in [0.4, 0.5) is 4.39 Å². The molecular weight excluding hydrogens is 231 g/mol. The lowest BCUT2D eigenvalue weighted by atomic mass is 10.1. The number of carbonyl (C=O) groups is 1. The largest absolute Gasteiger partial charge is 0.369 e. The summed E-state index contributed by atoms with van der Waals surface area (Å²) in [5, 5.41) is 0.225. The van der Waals surface area contributed by atoms with Crippen LogP contribution in [0.15, 0.2) is 17.1 Å². The van der Waals surface area contributed by atoms with Crippen molar-refractivity contribution in [2.75, 3.05) is 14.1 Å². The number of benzene rings is 1. The molecule has 5 heteroatoms. The maximum Gasteiger partial charge on any atom is 0.278 e. The van der Waals surface area contributed by atoms with E-state index in [1.807, 2.05) is 0 Å². The molecule has 0 spiro atoms. The zero-order chi connectivity index (χ0) is 12.3. The van der Waals surface area contributed by atoms with E-state index in [0.717, 1.165) is 6.07 Å². The maximum atomic E-state index is 13.1. The smallest absolute Gasteiger partial charge is 0.278 e. The molecule has 0 N–H and O–H groups in total. The molecule has 0 atom stereocenters. The summed E-state index contributed by atoms with van der Waals surface area (Å²) in [5.41, 5.74) is 0.715. The van der Waals surface area contributed by atoms with Gasteiger partial charge in [-0.3, -0.25) is 4.79 Å². The fourth-order valence-electron chi connectivity index (χ4n) is 1.11. The molecule has 0 saturated heterocycles. The number of amides is 1. The monoisotopic (exact) mass is 242 g/mol. The average molecular weight is 243 g/mol. The fourth-order valence-corrected chi connectivity index (χ4v) is 1.31. The van der Waals surface area contributed by atoms with E-state index < -0.39 is 11.7 Å². The summed E-state index contributed by atoms with van der Waals surface area (Å²) in [7, 11) is 3.48. The van der Waals surface area contributed by atoms with Gasteiger partial charge < -0.3 is 4.90 Å². The number of aliphatic imine (C=N–C) groups is 1. The molecule has 1 amide bonds. The van der Waals surface area contributed by atoms with Crippen molar-refractivity contribution >= 4 is 23.8 Å². The van der Waals surface area contributed by atoms with Gasteiger partial charge in [0.1, 0.15) is 5.82 Å². The van der Waals surface area contributed by atoms with Crippen LogP contribution in [-0.4, -0.2) is 31.2 Å². The van der Waals surface area contributed by atoms with E-state index in [1.54, 1.807) is 25.9 Å². The summed E-state index contributed by atoms with van der Waals surface area (Å²) in [4.78, 5) is 16.9. The average Bonchev–Trinajstić information content (AvgIpc) is 2.19. The van der Waals surface area contributed by atoms with Gasteiger partial charge in [0.25, 0.3) is 5.91 Å². The summed E-state index contributed by atoms with van der Waals surface area (Å²) < 4.78 is 13.1. The first-order chi connectivity index (χ1) is 7.41. The van der Waals surface area contributed by atoms with Crippen LogP contribution in [0.5, 0.6) is 0 Å². The lowest BCUT2D eigenvalue weighted by molar-refractivity contribution is 0.100. The Labute approximate surface area is 98.5 Å². The number of hydrogen-bond acceptors (Lipinski definition) is 1. The minimum absolute atomic E-state index is 0.183. The Morgan fingerprint density at radius 2 is 2.12 bits per heavy atom. The van der Waals surface area contributed by atoms with E-state index in [2.05, 4.69) is 4.99 Å². The van der Waals surface area contributed by atoms with E-state index in [9.17, 15) is 9.18 Å². The molecule has 0 bridgehead atoms. The number of nitrogens with zero attached hydrogens (tertiary/aromatic N) is 2. The first-order valence-corrected chi connectivity index (χ1v) is 5.00. The van der Waals surface area contributed by atoms with Crippen LogP contribution in [0.1, 0.15) is 15.9 Å². The molecule has 0 heterocycles. The molecule has 0 radical (unpaired) electrons. The molecule has 0 aromatic heterocycles. The first kappa shape index (κ1) is 12.6. The van der Waals surface area contributed by atoms with E-state index in [-0.39, 0.29) is 10.6 Å². The Kier molecular flexibility index (Phi) is 4.01. The van der Waals surface area contributed by atoms with E-state index in [1.165, 1.54) is 12.4 Å². The third-order valence-corrected chi connectivity index (χ3v) is 2.34. The van der Waals surface area contributed by atoms with Crippen molar-refractivity contribution < 1.29 is 9.18 Å². The summed E-state index contributed by atoms with van der Waals surface area (Å²) in [6.45, 7) is 1.65. The SMILES string of the molecule is Cc1c(Cl)cc(F)cc1C(=O)/N=C/N(C)C. The Hall–Kier alpha value is -1.42. The molecule has 1 aromatic carbocycles. The van der Waals surface area contributed by atoms with Crippen molar-refractivity contribution in [3.8, 4) is 0 Å². The summed E-state index contributed by atoms with van der Waals surface area (Å²) >= 11 is 5.77. The standard InChI is InChI=1S/C11H12ClFN2O/c1-7-9(4-8(13)5-10(7)12)11(16)14-6-15(2)3/h4-6H,1-3H3/b14-6+. The molecule has 0 fully saturated rings. The molecule has 0 aliphatic heterocycles. The highest BCUT2D eigenvalue weighted by Crippen LogP contribution is 2.21. The van der Waals surface area contributed by atoms with Crippen molar-refractivity contribution in [2.45, 2.75) is 6.92 Å². The van der Waals surface area contributed by atoms with Crippen molar-refractivity contribution in [1.82, 2.24) is 4.90 Å². The van der Waals surface area contributed by atoms with Crippen LogP contribution in [0.25, 0.3) is 0 Å². The quantitative estimate of drug-likeness (QED) is 0.590. The van der Waals surface area contributed by atoms with Crippen molar-refractivity contribution in [3.63, 3.8) is 0 Å². The van der Waals surface area contributed by atoms with Gasteiger partial charge in [-0.25, -0.2) is 4.39 Å². The first-order valence-electron chi connectivity index (χ1n) is 4.62. The van der Waals surface area contributed by atoms with Gasteiger partial charge in [-0.2, -0.15) is 4.99 Å². The van der Waals surface area contributed by atoms with Gasteiger partial charge in [-0.05, 0) is 24.6 Å². The second-order valence-corrected chi connectivity index (χ2v) is 3.98. The molecule has 16 heavy (non-hydrogen) atoms. The topological polar surface area (TPSA) is 32.7 Å². The number of rotatable bonds is 2. The third-order valence-electron chi connectivity index (χ3n) is 1.95. The van der Waals surface area contributed by atoms with Gasteiger partial charge in [-0.1, -0.05) is 11.6 Å². The van der Waals surface area contributed by atoms with E-state index >= 15 is 0 Å². The lowest BCUT2D eigenvalue weighted by Gasteiger charge is -2.05. The highest BCUT2D eigenvalue weighted by molar-refractivity contribution is 6.31. The predicted octanol–water partition coefficient (Wildman–Crippen LogP) is 2.52. The third kappa shape index (κ3) is 3.03. The van der Waals surface area contributed by atoms with Crippen LogP contribution in [-0.2, 0) is 0 Å². The lowest BCUT2D eigenvalue weighted by Crippen LogP contribution is -2.10. The van der Waals surface area contributed by atoms with Crippen molar-refractivity contribution in [1.29, 1.82) is 0 Å². The Balaban J connectivity index is 3.09. The molecule has 0 saturated carbocycles. The molecular formula is C11H12ClFN2O. The fraction of sp³-hybridized carbons (Fsp3) is 0.273. The van der Waals surface area contributed by atoms with Crippen LogP contribution in [0.2, 0.25) is 5.02 Å². The molecule has 86 valence electrons. The maximum absolute atomic E-state index is 13.1. The highest BCUT2D eigenvalue weighted by Gasteiger charge is 2.12. The Morgan fingerprint density at radius 3 is 2.69 bits per heavy atom. The zero-order valence-electron chi connectivity index (χ0n) is 9.29. The van der Waals surface area contributed by atoms with Gasteiger partial charge >= 0.3 is 0 Å². The van der Waals surface area contributed by atoms with E-state index in [0.29, 0.717) is 5.56 Å². The molecule has 0 aliphatic rings. The van der Waals surface area contributed by atoms with Crippen LogP contribution < -0.4 is 0 Å². The van der Waals surface area contributed by atoms with Gasteiger partial charge in [-0.15, -0.1) is 0 Å². The van der Waals surface area contributed by atoms with Crippen LogP contribution in [0.3, 0.4) is 0 Å². The number of carbonyl (C=O) groups excluding carboxylic acids is 1. The summed E-state index contributed by atoms with van der Waals surface area (Å²) in [5.74, 6) is -1.05. The molecule has 0 aliphatic carbocycles. The normalized spacial score (nSPS) is 10.8. The summed E-state index contributed by atoms with van der Waals surface area (Å²) in [6.07, 6.45) is 1.36. The second kappa shape index (κ2) is 5.07. The van der Waals surface area contributed by atoms with Crippen LogP contribution >= 0.6 is 11.6 Å². The van der Waals surface area contributed by atoms with Crippen molar-refractivity contribution in [3.05, 3.63) is 34.1 Å². The van der Waals surface area contributed by atoms with Gasteiger partial charge in [0, 0.05) is 24.7 Å². The molecule has 0 unspecified atom stereocenters. The Bertz CT molecular complexity index is 444. The summed E-state index contributed by atoms with van der Waals surface area (Å²) in [6, 6.07) is 2.31. The molecule has 1 rings (SSSR count). The number of hydrogen-bond donors (Lipinski definition) is 0. The Morgan fingerprint density at radius 1 is 1.50 bits per heavy atom. The minimum Gasteiger partial charge on any atom is -0.369 e. The molecule has 1 aromatic rings. The van der Waals surface area contributed by atoms with Crippen LogP contribution in [0, 0.1) is 12.7 Å². The second-order valence-electron chi connectivity index (χ2n) is 3.57. The van der Waals surface area contributed by atoms with Gasteiger partial charge in [0.2, 0.25) is 0 Å². The minimum atomic E-state index is -0.543. The highest BCUT2D eigenvalue weighted by atomic mass is 35.5. The zero-order valence-corrected chi connectivity index (χ0v) is 10.0. The number of halogens is 2. The molecule has 3 nitrogen and oxygen atoms in total.